The van der Waals surface area contributed by atoms with Gasteiger partial charge in [0.2, 0.25) is 0 Å². The zero-order valence-electron chi connectivity index (χ0n) is 6.09. The Morgan fingerprint density at radius 3 is 2.10 bits per heavy atom. The molecule has 0 rings (SSSR count). The number of hydrogen-bond acceptors (Lipinski definition) is 4. The summed E-state index contributed by atoms with van der Waals surface area (Å²) in [6.45, 7) is 3.09. The summed E-state index contributed by atoms with van der Waals surface area (Å²) in [5.41, 5.74) is 4.92. The standard InChI is InChI=1S/2C3H6N2/c1-2-5-3-4;4-2-1-3-5/h5H,2H2,1H3;1-2,4H2. The molecule has 56 valence electrons. The molecule has 0 aliphatic heterocycles. The molecule has 0 atom stereocenters. The van der Waals surface area contributed by atoms with Crippen molar-refractivity contribution in [1.82, 2.24) is 5.32 Å². The molecule has 0 amide bonds. The minimum Gasteiger partial charge on any atom is -0.329 e. The number of nitriles is 2. The van der Waals surface area contributed by atoms with Crippen LogP contribution in [0.25, 0.3) is 0 Å². The van der Waals surface area contributed by atoms with E-state index in [-0.39, 0.29) is 0 Å². The summed E-state index contributed by atoms with van der Waals surface area (Å²) in [7, 11) is 0. The Labute approximate surface area is 61.2 Å². The third kappa shape index (κ3) is 29.6. The van der Waals surface area contributed by atoms with E-state index in [1.807, 2.05) is 13.0 Å². The van der Waals surface area contributed by atoms with Crippen LogP contribution >= 0.6 is 0 Å². The fourth-order valence-electron chi connectivity index (χ4n) is 0.144. The molecule has 0 saturated heterocycles. The van der Waals surface area contributed by atoms with Gasteiger partial charge in [0.05, 0.1) is 6.07 Å². The van der Waals surface area contributed by atoms with Crippen molar-refractivity contribution in [3.8, 4) is 12.3 Å². The highest BCUT2D eigenvalue weighted by atomic mass is 14.8. The van der Waals surface area contributed by atoms with Crippen molar-refractivity contribution in [3.05, 3.63) is 0 Å². The van der Waals surface area contributed by atoms with Crippen molar-refractivity contribution < 1.29 is 0 Å². The molecule has 0 aromatic heterocycles. The van der Waals surface area contributed by atoms with E-state index in [0.717, 1.165) is 6.54 Å². The average Bonchev–Trinajstić information content (AvgIpc) is 1.93. The highest BCUT2D eigenvalue weighted by Gasteiger charge is 1.65. The van der Waals surface area contributed by atoms with E-state index < -0.39 is 0 Å². The van der Waals surface area contributed by atoms with E-state index in [9.17, 15) is 0 Å². The van der Waals surface area contributed by atoms with E-state index in [0.29, 0.717) is 13.0 Å². The molecule has 0 fully saturated rings. The second-order valence-electron chi connectivity index (χ2n) is 1.34. The third-order valence-corrected chi connectivity index (χ3v) is 0.512. The molecule has 0 aliphatic carbocycles. The second-order valence-corrected chi connectivity index (χ2v) is 1.34. The fraction of sp³-hybridized carbons (Fsp3) is 0.667. The Balaban J connectivity index is 0. The van der Waals surface area contributed by atoms with Gasteiger partial charge in [0.1, 0.15) is 0 Å². The molecule has 0 unspecified atom stereocenters. The lowest BCUT2D eigenvalue weighted by Gasteiger charge is -1.75. The monoisotopic (exact) mass is 140 g/mol. The summed E-state index contributed by atoms with van der Waals surface area (Å²) in [6.07, 6.45) is 2.24. The minimum absolute atomic E-state index is 0.472. The molecule has 0 aliphatic rings. The van der Waals surface area contributed by atoms with Gasteiger partial charge in [0, 0.05) is 19.5 Å². The minimum atomic E-state index is 0.472. The van der Waals surface area contributed by atoms with Crippen LogP contribution in [0.5, 0.6) is 0 Å². The van der Waals surface area contributed by atoms with Crippen LogP contribution in [0.1, 0.15) is 13.3 Å². The van der Waals surface area contributed by atoms with Gasteiger partial charge in [-0.25, -0.2) is 0 Å². The highest BCUT2D eigenvalue weighted by Crippen LogP contribution is 1.59. The maximum absolute atomic E-state index is 7.74. The van der Waals surface area contributed by atoms with Crippen LogP contribution in [0.2, 0.25) is 0 Å². The average molecular weight is 140 g/mol. The summed E-state index contributed by atoms with van der Waals surface area (Å²) < 4.78 is 0. The molecule has 0 heterocycles. The Morgan fingerprint density at radius 1 is 1.50 bits per heavy atom. The van der Waals surface area contributed by atoms with Gasteiger partial charge in [-0.05, 0) is 6.92 Å². The maximum Gasteiger partial charge on any atom is 0.176 e. The van der Waals surface area contributed by atoms with Crippen LogP contribution in [-0.4, -0.2) is 13.1 Å². The van der Waals surface area contributed by atoms with Crippen LogP contribution in [0, 0.1) is 22.8 Å². The van der Waals surface area contributed by atoms with Crippen LogP contribution in [0.15, 0.2) is 0 Å². The highest BCUT2D eigenvalue weighted by molar-refractivity contribution is 4.67. The zero-order chi connectivity index (χ0) is 8.24. The maximum atomic E-state index is 7.74. The molecular formula is C6H12N4. The van der Waals surface area contributed by atoms with E-state index >= 15 is 0 Å². The Morgan fingerprint density at radius 2 is 2.10 bits per heavy atom. The SMILES string of the molecule is CCNC#N.N#CCCN. The van der Waals surface area contributed by atoms with Crippen molar-refractivity contribution in [2.75, 3.05) is 13.1 Å². The molecule has 0 bridgehead atoms. The molecular weight excluding hydrogens is 128 g/mol. The molecule has 0 radical (unpaired) electrons. The lowest BCUT2D eigenvalue weighted by Crippen LogP contribution is -2.00. The first kappa shape index (κ1) is 11.5. The molecule has 4 heteroatoms. The molecule has 0 saturated carbocycles. The summed E-state index contributed by atoms with van der Waals surface area (Å²) in [4.78, 5) is 0. The van der Waals surface area contributed by atoms with Gasteiger partial charge in [-0.3, -0.25) is 0 Å². The van der Waals surface area contributed by atoms with Gasteiger partial charge in [0.15, 0.2) is 6.19 Å². The molecule has 0 aromatic carbocycles. The molecule has 10 heavy (non-hydrogen) atoms. The fourth-order valence-corrected chi connectivity index (χ4v) is 0.144. The van der Waals surface area contributed by atoms with Crippen LogP contribution < -0.4 is 11.1 Å². The van der Waals surface area contributed by atoms with Crippen molar-refractivity contribution in [2.24, 2.45) is 5.73 Å². The van der Waals surface area contributed by atoms with E-state index in [1.165, 1.54) is 0 Å². The first-order valence-electron chi connectivity index (χ1n) is 3.02. The number of rotatable bonds is 2. The van der Waals surface area contributed by atoms with Crippen molar-refractivity contribution >= 4 is 0 Å². The largest absolute Gasteiger partial charge is 0.329 e. The Kier molecular flexibility index (Phi) is 18.0. The van der Waals surface area contributed by atoms with Gasteiger partial charge in [-0.1, -0.05) is 0 Å². The third-order valence-electron chi connectivity index (χ3n) is 0.512. The van der Waals surface area contributed by atoms with Crippen LogP contribution in [0.4, 0.5) is 0 Å². The quantitative estimate of drug-likeness (QED) is 0.415. The number of nitrogens with one attached hydrogen (secondary N) is 1. The molecule has 0 spiro atoms. The number of hydrogen-bond donors (Lipinski definition) is 2. The topological polar surface area (TPSA) is 85.6 Å². The van der Waals surface area contributed by atoms with Gasteiger partial charge < -0.3 is 11.1 Å². The lowest BCUT2D eigenvalue weighted by molar-refractivity contribution is 0.934. The van der Waals surface area contributed by atoms with Gasteiger partial charge in [0.25, 0.3) is 0 Å². The van der Waals surface area contributed by atoms with E-state index in [2.05, 4.69) is 5.32 Å². The summed E-state index contributed by atoms with van der Waals surface area (Å²) in [5.74, 6) is 0. The summed E-state index contributed by atoms with van der Waals surface area (Å²) >= 11 is 0. The Hall–Kier alpha value is -1.26. The second kappa shape index (κ2) is 15.6. The Bertz CT molecular complexity index is 103. The lowest BCUT2D eigenvalue weighted by atomic mass is 10.5. The normalized spacial score (nSPS) is 6.00. The summed E-state index contributed by atoms with van der Waals surface area (Å²) in [5, 5.41) is 17.9. The molecule has 3 N–H and O–H groups in total. The summed E-state index contributed by atoms with van der Waals surface area (Å²) in [6, 6.07) is 1.89. The molecule has 4 nitrogen and oxygen atoms in total. The predicted octanol–water partition coefficient (Wildman–Crippen LogP) is -0.0642. The molecule has 0 aromatic rings. The van der Waals surface area contributed by atoms with E-state index in [4.69, 9.17) is 16.3 Å². The number of nitrogens with zero attached hydrogens (tertiary/aromatic N) is 2. The van der Waals surface area contributed by atoms with Crippen LogP contribution in [0.3, 0.4) is 0 Å². The smallest absolute Gasteiger partial charge is 0.176 e. The van der Waals surface area contributed by atoms with Gasteiger partial charge >= 0.3 is 0 Å². The van der Waals surface area contributed by atoms with Gasteiger partial charge in [-0.15, -0.1) is 0 Å². The van der Waals surface area contributed by atoms with E-state index in [1.54, 1.807) is 6.19 Å². The first-order chi connectivity index (χ1) is 4.83. The first-order valence-corrected chi connectivity index (χ1v) is 3.02. The van der Waals surface area contributed by atoms with Crippen molar-refractivity contribution in [1.29, 1.82) is 10.5 Å². The van der Waals surface area contributed by atoms with Crippen LogP contribution in [-0.2, 0) is 0 Å². The zero-order valence-corrected chi connectivity index (χ0v) is 6.09. The van der Waals surface area contributed by atoms with Gasteiger partial charge in [-0.2, -0.15) is 10.5 Å². The predicted molar refractivity (Wildman–Crippen MR) is 38.6 cm³/mol. The van der Waals surface area contributed by atoms with Crippen molar-refractivity contribution in [3.63, 3.8) is 0 Å². The van der Waals surface area contributed by atoms with Crippen molar-refractivity contribution in [2.45, 2.75) is 13.3 Å². The number of nitrogens with two attached hydrogens (primary N) is 1.